The van der Waals surface area contributed by atoms with E-state index in [0.717, 1.165) is 30.7 Å². The first kappa shape index (κ1) is 9.62. The molecule has 0 heterocycles. The van der Waals surface area contributed by atoms with Crippen LogP contribution in [0.25, 0.3) is 0 Å². The quantitative estimate of drug-likeness (QED) is 0.541. The van der Waals surface area contributed by atoms with Crippen molar-refractivity contribution in [3.63, 3.8) is 0 Å². The van der Waals surface area contributed by atoms with Crippen LogP contribution in [0.3, 0.4) is 0 Å². The molecule has 0 aliphatic rings. The zero-order valence-electron chi connectivity index (χ0n) is 7.16. The van der Waals surface area contributed by atoms with Crippen molar-refractivity contribution in [3.8, 4) is 0 Å². The first-order valence-corrected chi connectivity index (χ1v) is 4.76. The lowest BCUT2D eigenvalue weighted by molar-refractivity contribution is 0.738. The van der Waals surface area contributed by atoms with E-state index in [1.807, 2.05) is 12.1 Å². The van der Waals surface area contributed by atoms with Gasteiger partial charge in [0.15, 0.2) is 0 Å². The van der Waals surface area contributed by atoms with Crippen molar-refractivity contribution < 1.29 is 0 Å². The van der Waals surface area contributed by atoms with Gasteiger partial charge in [-0.3, -0.25) is 0 Å². The molecule has 2 N–H and O–H groups in total. The number of benzene rings is 1. The SMILES string of the molecule is NCCCCc1ccccc1S. The van der Waals surface area contributed by atoms with Crippen molar-refractivity contribution in [2.45, 2.75) is 24.2 Å². The molecule has 0 radical (unpaired) electrons. The van der Waals surface area contributed by atoms with Gasteiger partial charge in [-0.15, -0.1) is 12.6 Å². The van der Waals surface area contributed by atoms with E-state index in [0.29, 0.717) is 0 Å². The summed E-state index contributed by atoms with van der Waals surface area (Å²) >= 11 is 4.37. The lowest BCUT2D eigenvalue weighted by Gasteiger charge is -2.02. The molecule has 0 aliphatic heterocycles. The van der Waals surface area contributed by atoms with E-state index in [2.05, 4.69) is 24.8 Å². The van der Waals surface area contributed by atoms with Crippen molar-refractivity contribution >= 4 is 12.6 Å². The maximum atomic E-state index is 5.41. The maximum absolute atomic E-state index is 5.41. The van der Waals surface area contributed by atoms with Crippen molar-refractivity contribution in [3.05, 3.63) is 29.8 Å². The Balaban J connectivity index is 2.46. The van der Waals surface area contributed by atoms with Gasteiger partial charge in [-0.2, -0.15) is 0 Å². The Morgan fingerprint density at radius 3 is 2.58 bits per heavy atom. The van der Waals surface area contributed by atoms with Gasteiger partial charge in [-0.25, -0.2) is 0 Å². The summed E-state index contributed by atoms with van der Waals surface area (Å²) in [6.07, 6.45) is 3.35. The number of hydrogen-bond acceptors (Lipinski definition) is 2. The molecule has 0 unspecified atom stereocenters. The lowest BCUT2D eigenvalue weighted by atomic mass is 10.1. The van der Waals surface area contributed by atoms with Crippen LogP contribution in [0.1, 0.15) is 18.4 Å². The van der Waals surface area contributed by atoms with E-state index in [1.165, 1.54) is 5.56 Å². The van der Waals surface area contributed by atoms with Gasteiger partial charge in [-0.05, 0) is 37.4 Å². The third kappa shape index (κ3) is 2.88. The van der Waals surface area contributed by atoms with E-state index in [-0.39, 0.29) is 0 Å². The molecule has 0 spiro atoms. The minimum atomic E-state index is 0.786. The zero-order chi connectivity index (χ0) is 8.81. The fraction of sp³-hybridized carbons (Fsp3) is 0.400. The van der Waals surface area contributed by atoms with Crippen molar-refractivity contribution in [1.82, 2.24) is 0 Å². The van der Waals surface area contributed by atoms with Gasteiger partial charge in [0, 0.05) is 4.90 Å². The predicted octanol–water partition coefficient (Wildman–Crippen LogP) is 2.26. The first-order valence-electron chi connectivity index (χ1n) is 4.31. The van der Waals surface area contributed by atoms with Crippen molar-refractivity contribution in [2.24, 2.45) is 5.73 Å². The number of unbranched alkanes of at least 4 members (excludes halogenated alkanes) is 1. The van der Waals surface area contributed by atoms with Gasteiger partial charge in [0.25, 0.3) is 0 Å². The topological polar surface area (TPSA) is 26.0 Å². The minimum Gasteiger partial charge on any atom is -0.330 e. The summed E-state index contributed by atoms with van der Waals surface area (Å²) in [4.78, 5) is 1.09. The molecule has 0 aliphatic carbocycles. The van der Waals surface area contributed by atoms with Crippen molar-refractivity contribution in [1.29, 1.82) is 0 Å². The van der Waals surface area contributed by atoms with E-state index in [9.17, 15) is 0 Å². The molecule has 0 amide bonds. The highest BCUT2D eigenvalue weighted by molar-refractivity contribution is 7.80. The Bertz CT molecular complexity index is 235. The highest BCUT2D eigenvalue weighted by atomic mass is 32.1. The van der Waals surface area contributed by atoms with Crippen LogP contribution in [0.5, 0.6) is 0 Å². The first-order chi connectivity index (χ1) is 5.84. The second kappa shape index (κ2) is 5.22. The molecule has 0 aromatic heterocycles. The van der Waals surface area contributed by atoms with Crippen LogP contribution in [0.15, 0.2) is 29.2 Å². The summed E-state index contributed by atoms with van der Waals surface area (Å²) in [7, 11) is 0. The molecular formula is C10H15NS. The summed E-state index contributed by atoms with van der Waals surface area (Å²) in [5.74, 6) is 0. The monoisotopic (exact) mass is 181 g/mol. The fourth-order valence-corrected chi connectivity index (χ4v) is 1.45. The molecule has 1 rings (SSSR count). The summed E-state index contributed by atoms with van der Waals surface area (Å²) in [5.41, 5.74) is 6.74. The average Bonchev–Trinajstić information content (AvgIpc) is 2.09. The number of rotatable bonds is 4. The fourth-order valence-electron chi connectivity index (χ4n) is 1.18. The maximum Gasteiger partial charge on any atom is 0.00720 e. The number of aryl methyl sites for hydroxylation is 1. The van der Waals surface area contributed by atoms with Gasteiger partial charge in [-0.1, -0.05) is 18.2 Å². The summed E-state index contributed by atoms with van der Waals surface area (Å²) in [6.45, 7) is 0.786. The molecule has 0 saturated heterocycles. The number of thiol groups is 1. The van der Waals surface area contributed by atoms with Crippen LogP contribution < -0.4 is 5.73 Å². The Morgan fingerprint density at radius 1 is 1.17 bits per heavy atom. The smallest absolute Gasteiger partial charge is 0.00720 e. The van der Waals surface area contributed by atoms with Crippen LogP contribution in [-0.2, 0) is 6.42 Å². The van der Waals surface area contributed by atoms with Gasteiger partial charge in [0.1, 0.15) is 0 Å². The Hall–Kier alpha value is -0.470. The number of nitrogens with two attached hydrogens (primary N) is 1. The molecule has 0 bridgehead atoms. The average molecular weight is 181 g/mol. The van der Waals surface area contributed by atoms with Gasteiger partial charge >= 0.3 is 0 Å². The van der Waals surface area contributed by atoms with Crippen LogP contribution >= 0.6 is 12.6 Å². The summed E-state index contributed by atoms with van der Waals surface area (Å²) in [5, 5.41) is 0. The second-order valence-electron chi connectivity index (χ2n) is 2.87. The highest BCUT2D eigenvalue weighted by Crippen LogP contribution is 2.14. The highest BCUT2D eigenvalue weighted by Gasteiger charge is 1.95. The third-order valence-corrected chi connectivity index (χ3v) is 2.33. The minimum absolute atomic E-state index is 0.786. The van der Waals surface area contributed by atoms with Crippen molar-refractivity contribution in [2.75, 3.05) is 6.54 Å². The summed E-state index contributed by atoms with van der Waals surface area (Å²) in [6, 6.07) is 8.21. The Kier molecular flexibility index (Phi) is 4.19. The van der Waals surface area contributed by atoms with Crippen LogP contribution in [0.2, 0.25) is 0 Å². The van der Waals surface area contributed by atoms with Crippen LogP contribution in [0, 0.1) is 0 Å². The van der Waals surface area contributed by atoms with Crippen LogP contribution in [-0.4, -0.2) is 6.54 Å². The largest absolute Gasteiger partial charge is 0.330 e. The van der Waals surface area contributed by atoms with Crippen LogP contribution in [0.4, 0.5) is 0 Å². The molecular weight excluding hydrogens is 166 g/mol. The molecule has 1 nitrogen and oxygen atoms in total. The number of hydrogen-bond donors (Lipinski definition) is 2. The van der Waals surface area contributed by atoms with E-state index in [1.54, 1.807) is 0 Å². The standard InChI is InChI=1S/C10H15NS/c11-8-4-3-6-9-5-1-2-7-10(9)12/h1-2,5,7,12H,3-4,6,8,11H2. The molecule has 1 aromatic rings. The Morgan fingerprint density at radius 2 is 1.92 bits per heavy atom. The lowest BCUT2D eigenvalue weighted by Crippen LogP contribution is -1.99. The molecule has 1 aromatic carbocycles. The predicted molar refractivity (Wildman–Crippen MR) is 55.7 cm³/mol. The normalized spacial score (nSPS) is 10.2. The van der Waals surface area contributed by atoms with E-state index < -0.39 is 0 Å². The summed E-state index contributed by atoms with van der Waals surface area (Å²) < 4.78 is 0. The van der Waals surface area contributed by atoms with E-state index >= 15 is 0 Å². The molecule has 0 saturated carbocycles. The second-order valence-corrected chi connectivity index (χ2v) is 3.36. The van der Waals surface area contributed by atoms with Gasteiger partial charge < -0.3 is 5.73 Å². The molecule has 0 atom stereocenters. The molecule has 66 valence electrons. The molecule has 0 fully saturated rings. The zero-order valence-corrected chi connectivity index (χ0v) is 8.06. The molecule has 2 heteroatoms. The van der Waals surface area contributed by atoms with E-state index in [4.69, 9.17) is 5.73 Å². The Labute approximate surface area is 79.4 Å². The third-order valence-electron chi connectivity index (χ3n) is 1.89. The van der Waals surface area contributed by atoms with Gasteiger partial charge in [0.2, 0.25) is 0 Å². The van der Waals surface area contributed by atoms with Gasteiger partial charge in [0.05, 0.1) is 0 Å². The molecule has 12 heavy (non-hydrogen) atoms.